The minimum absolute atomic E-state index is 0.155. The third-order valence-electron chi connectivity index (χ3n) is 3.80. The molecule has 0 heterocycles. The molecule has 0 saturated heterocycles. The van der Waals surface area contributed by atoms with Gasteiger partial charge in [0.25, 0.3) is 0 Å². The summed E-state index contributed by atoms with van der Waals surface area (Å²) in [6.07, 6.45) is 3.04. The second-order valence-corrected chi connectivity index (χ2v) is 8.35. The minimum Gasteiger partial charge on any atom is -0.289 e. The zero-order chi connectivity index (χ0) is 17.4. The van der Waals surface area contributed by atoms with Crippen LogP contribution in [-0.2, 0) is 4.79 Å². The van der Waals surface area contributed by atoms with E-state index < -0.39 is 8.67 Å². The Kier molecular flexibility index (Phi) is 4.81. The molecule has 0 fully saturated rings. The maximum Gasteiger partial charge on any atom is 0.216 e. The third-order valence-corrected chi connectivity index (χ3v) is 5.53. The van der Waals surface area contributed by atoms with Gasteiger partial charge in [-0.15, -0.1) is 11.6 Å². The van der Waals surface area contributed by atoms with Crippen LogP contribution in [0.1, 0.15) is 11.1 Å². The van der Waals surface area contributed by atoms with Gasteiger partial charge in [-0.05, 0) is 23.3 Å². The Morgan fingerprint density at radius 3 is 1.42 bits per heavy atom. The Morgan fingerprint density at radius 1 is 0.708 bits per heavy atom. The van der Waals surface area contributed by atoms with E-state index in [1.807, 2.05) is 60.7 Å². The van der Waals surface area contributed by atoms with Crippen LogP contribution < -0.4 is 0 Å². The molecule has 1 aliphatic carbocycles. The zero-order valence-corrected chi connectivity index (χ0v) is 15.4. The first kappa shape index (κ1) is 17.6. The first-order valence-electron chi connectivity index (χ1n) is 7.19. The summed E-state index contributed by atoms with van der Waals surface area (Å²) in [5, 5.41) is 0. The number of benzene rings is 2. The van der Waals surface area contributed by atoms with Gasteiger partial charge in [-0.2, -0.15) is 0 Å². The standard InChI is InChI=1S/C19H12Cl4O/c20-18(19(21,22)23)11-15(13-7-3-1-4-8-13)17(24)16(12-18)14-9-5-2-6-10-14/h1-12H. The van der Waals surface area contributed by atoms with Crippen LogP contribution in [0.25, 0.3) is 11.1 Å². The molecule has 0 aliphatic heterocycles. The number of ketones is 1. The molecule has 0 N–H and O–H groups in total. The number of carbonyl (C=O) groups excluding carboxylic acids is 1. The van der Waals surface area contributed by atoms with Crippen molar-refractivity contribution < 1.29 is 4.79 Å². The summed E-state index contributed by atoms with van der Waals surface area (Å²) in [5.74, 6) is -0.155. The fourth-order valence-electron chi connectivity index (χ4n) is 2.57. The molecule has 2 aromatic rings. The zero-order valence-electron chi connectivity index (χ0n) is 12.3. The average molecular weight is 398 g/mol. The van der Waals surface area contributed by atoms with Crippen LogP contribution in [0.4, 0.5) is 0 Å². The molecule has 0 atom stereocenters. The van der Waals surface area contributed by atoms with E-state index in [-0.39, 0.29) is 5.78 Å². The highest BCUT2D eigenvalue weighted by Gasteiger charge is 2.47. The van der Waals surface area contributed by atoms with E-state index in [2.05, 4.69) is 0 Å². The van der Waals surface area contributed by atoms with Gasteiger partial charge in [0, 0.05) is 11.1 Å². The first-order chi connectivity index (χ1) is 11.3. The number of carbonyl (C=O) groups is 1. The Balaban J connectivity index is 2.20. The number of allylic oxidation sites excluding steroid dienone is 4. The van der Waals surface area contributed by atoms with Crippen molar-refractivity contribution in [3.8, 4) is 0 Å². The van der Waals surface area contributed by atoms with Crippen molar-refractivity contribution in [2.75, 3.05) is 0 Å². The molecule has 5 heteroatoms. The quantitative estimate of drug-likeness (QED) is 0.560. The van der Waals surface area contributed by atoms with Gasteiger partial charge in [0.15, 0.2) is 5.78 Å². The van der Waals surface area contributed by atoms with E-state index >= 15 is 0 Å². The molecule has 2 aromatic carbocycles. The smallest absolute Gasteiger partial charge is 0.216 e. The van der Waals surface area contributed by atoms with Gasteiger partial charge in [-0.3, -0.25) is 4.79 Å². The van der Waals surface area contributed by atoms with Crippen molar-refractivity contribution in [1.29, 1.82) is 0 Å². The lowest BCUT2D eigenvalue weighted by Gasteiger charge is -2.33. The van der Waals surface area contributed by atoms with Crippen LogP contribution in [0.15, 0.2) is 72.8 Å². The van der Waals surface area contributed by atoms with Crippen LogP contribution >= 0.6 is 46.4 Å². The second-order valence-electron chi connectivity index (χ2n) is 5.44. The topological polar surface area (TPSA) is 17.1 Å². The highest BCUT2D eigenvalue weighted by atomic mass is 35.6. The Labute approximate surface area is 160 Å². The highest BCUT2D eigenvalue weighted by molar-refractivity contribution is 6.72. The molecule has 0 radical (unpaired) electrons. The average Bonchev–Trinajstić information content (AvgIpc) is 2.57. The summed E-state index contributed by atoms with van der Waals surface area (Å²) in [6.45, 7) is 0. The van der Waals surface area contributed by atoms with E-state index in [4.69, 9.17) is 46.4 Å². The van der Waals surface area contributed by atoms with Crippen LogP contribution in [-0.4, -0.2) is 14.4 Å². The molecular formula is C19H12Cl4O. The van der Waals surface area contributed by atoms with Crippen LogP contribution in [0, 0.1) is 0 Å². The van der Waals surface area contributed by atoms with Gasteiger partial charge in [0.2, 0.25) is 3.79 Å². The van der Waals surface area contributed by atoms with Crippen molar-refractivity contribution in [2.45, 2.75) is 8.67 Å². The number of hydrogen-bond acceptors (Lipinski definition) is 1. The lowest BCUT2D eigenvalue weighted by molar-refractivity contribution is -0.108. The Bertz CT molecular complexity index is 758. The molecule has 1 aliphatic rings. The normalized spacial score (nSPS) is 17.2. The maximum atomic E-state index is 13.0. The number of rotatable bonds is 2. The van der Waals surface area contributed by atoms with Crippen LogP contribution in [0.2, 0.25) is 0 Å². The maximum absolute atomic E-state index is 13.0. The molecule has 0 unspecified atom stereocenters. The lowest BCUT2D eigenvalue weighted by atomic mass is 9.84. The summed E-state index contributed by atoms with van der Waals surface area (Å²) < 4.78 is -1.81. The predicted molar refractivity (Wildman–Crippen MR) is 103 cm³/mol. The van der Waals surface area contributed by atoms with E-state index in [1.165, 1.54) is 12.2 Å². The molecule has 3 rings (SSSR count). The van der Waals surface area contributed by atoms with Gasteiger partial charge < -0.3 is 0 Å². The summed E-state index contributed by atoms with van der Waals surface area (Å²) in [4.78, 5) is 11.6. The molecule has 24 heavy (non-hydrogen) atoms. The van der Waals surface area contributed by atoms with Crippen molar-refractivity contribution in [3.63, 3.8) is 0 Å². The van der Waals surface area contributed by atoms with Crippen molar-refractivity contribution in [1.82, 2.24) is 0 Å². The summed E-state index contributed by atoms with van der Waals surface area (Å²) >= 11 is 24.9. The molecule has 0 saturated carbocycles. The summed E-state index contributed by atoms with van der Waals surface area (Å²) in [6, 6.07) is 18.4. The molecule has 0 aromatic heterocycles. The van der Waals surface area contributed by atoms with Gasteiger partial charge in [-0.25, -0.2) is 0 Å². The largest absolute Gasteiger partial charge is 0.289 e. The molecule has 122 valence electrons. The molecule has 1 nitrogen and oxygen atoms in total. The lowest BCUT2D eigenvalue weighted by Crippen LogP contribution is -2.36. The highest BCUT2D eigenvalue weighted by Crippen LogP contribution is 2.50. The molecule has 0 amide bonds. The van der Waals surface area contributed by atoms with E-state index in [9.17, 15) is 4.79 Å². The van der Waals surface area contributed by atoms with E-state index in [0.717, 1.165) is 11.1 Å². The monoisotopic (exact) mass is 396 g/mol. The van der Waals surface area contributed by atoms with Crippen LogP contribution in [0.5, 0.6) is 0 Å². The summed E-state index contributed by atoms with van der Waals surface area (Å²) in [7, 11) is 0. The number of alkyl halides is 4. The van der Waals surface area contributed by atoms with Gasteiger partial charge in [0.05, 0.1) is 0 Å². The third kappa shape index (κ3) is 3.27. The van der Waals surface area contributed by atoms with Gasteiger partial charge >= 0.3 is 0 Å². The summed E-state index contributed by atoms with van der Waals surface area (Å²) in [5.41, 5.74) is 2.28. The molecule has 0 bridgehead atoms. The number of hydrogen-bond donors (Lipinski definition) is 0. The Hall–Kier alpha value is -1.25. The van der Waals surface area contributed by atoms with Gasteiger partial charge in [0.1, 0.15) is 4.87 Å². The predicted octanol–water partition coefficient (Wildman–Crippen LogP) is 6.08. The van der Waals surface area contributed by atoms with Gasteiger partial charge in [-0.1, -0.05) is 95.5 Å². The van der Waals surface area contributed by atoms with Crippen molar-refractivity contribution in [3.05, 3.63) is 83.9 Å². The van der Waals surface area contributed by atoms with E-state index in [1.54, 1.807) is 0 Å². The SMILES string of the molecule is O=C1C(c2ccccc2)=CC(Cl)(C(Cl)(Cl)Cl)C=C1c1ccccc1. The Morgan fingerprint density at radius 2 is 1.08 bits per heavy atom. The first-order valence-corrected chi connectivity index (χ1v) is 8.70. The number of Topliss-reactive ketones (excluding diaryl/α,β-unsaturated/α-hetero) is 1. The number of halogens is 4. The van der Waals surface area contributed by atoms with Crippen molar-refractivity contribution in [2.24, 2.45) is 0 Å². The fourth-order valence-corrected chi connectivity index (χ4v) is 3.11. The van der Waals surface area contributed by atoms with Crippen LogP contribution in [0.3, 0.4) is 0 Å². The molecule has 0 spiro atoms. The second kappa shape index (κ2) is 6.57. The molecular weight excluding hydrogens is 386 g/mol. The van der Waals surface area contributed by atoms with E-state index in [0.29, 0.717) is 11.1 Å². The fraction of sp³-hybridized carbons (Fsp3) is 0.105. The van der Waals surface area contributed by atoms with Crippen molar-refractivity contribution >= 4 is 63.3 Å². The minimum atomic E-state index is -1.81.